The van der Waals surface area contributed by atoms with E-state index in [4.69, 9.17) is 11.6 Å². The molecular weight excluding hydrogens is 293 g/mol. The van der Waals surface area contributed by atoms with Gasteiger partial charge in [0.15, 0.2) is 0 Å². The van der Waals surface area contributed by atoms with Gasteiger partial charge < -0.3 is 5.32 Å². The van der Waals surface area contributed by atoms with Crippen LogP contribution in [-0.2, 0) is 6.54 Å². The van der Waals surface area contributed by atoms with E-state index in [2.05, 4.69) is 19.2 Å². The Bertz CT molecular complexity index is 586. The SMILES string of the molecule is CC(C)NCc1c(Cl)cccc1Sc1cccc(F)c1. The van der Waals surface area contributed by atoms with E-state index in [1.54, 1.807) is 6.07 Å². The molecule has 0 unspecified atom stereocenters. The molecular formula is C16H17ClFNS. The van der Waals surface area contributed by atoms with Crippen molar-refractivity contribution in [2.45, 2.75) is 36.2 Å². The molecule has 20 heavy (non-hydrogen) atoms. The quantitative estimate of drug-likeness (QED) is 0.822. The largest absolute Gasteiger partial charge is 0.310 e. The van der Waals surface area contributed by atoms with Crippen molar-refractivity contribution in [2.75, 3.05) is 0 Å². The summed E-state index contributed by atoms with van der Waals surface area (Å²) in [5, 5.41) is 4.10. The molecule has 2 rings (SSSR count). The number of benzene rings is 2. The molecule has 0 fully saturated rings. The van der Waals surface area contributed by atoms with Crippen molar-refractivity contribution in [3.8, 4) is 0 Å². The van der Waals surface area contributed by atoms with Gasteiger partial charge in [0.1, 0.15) is 5.82 Å². The van der Waals surface area contributed by atoms with E-state index < -0.39 is 0 Å². The van der Waals surface area contributed by atoms with Gasteiger partial charge in [-0.05, 0) is 35.9 Å². The predicted molar refractivity (Wildman–Crippen MR) is 84.0 cm³/mol. The van der Waals surface area contributed by atoms with Crippen molar-refractivity contribution in [3.63, 3.8) is 0 Å². The molecule has 0 aliphatic rings. The van der Waals surface area contributed by atoms with Crippen molar-refractivity contribution in [1.82, 2.24) is 5.32 Å². The molecule has 4 heteroatoms. The molecule has 1 N–H and O–H groups in total. The summed E-state index contributed by atoms with van der Waals surface area (Å²) in [5.74, 6) is -0.223. The second-order valence-electron chi connectivity index (χ2n) is 4.81. The Hall–Kier alpha value is -1.03. The molecule has 2 aromatic rings. The van der Waals surface area contributed by atoms with Gasteiger partial charge in [0.2, 0.25) is 0 Å². The fraction of sp³-hybridized carbons (Fsp3) is 0.250. The highest BCUT2D eigenvalue weighted by Crippen LogP contribution is 2.34. The van der Waals surface area contributed by atoms with Gasteiger partial charge in [-0.3, -0.25) is 0 Å². The topological polar surface area (TPSA) is 12.0 Å². The van der Waals surface area contributed by atoms with Crippen molar-refractivity contribution >= 4 is 23.4 Å². The zero-order chi connectivity index (χ0) is 14.5. The van der Waals surface area contributed by atoms with Crippen molar-refractivity contribution in [3.05, 3.63) is 58.9 Å². The van der Waals surface area contributed by atoms with Crippen LogP contribution < -0.4 is 5.32 Å². The molecule has 0 aliphatic heterocycles. The first-order chi connectivity index (χ1) is 9.56. The van der Waals surface area contributed by atoms with E-state index in [9.17, 15) is 4.39 Å². The maximum Gasteiger partial charge on any atom is 0.124 e. The number of halogens is 2. The van der Waals surface area contributed by atoms with E-state index in [1.807, 2.05) is 24.3 Å². The summed E-state index contributed by atoms with van der Waals surface area (Å²) < 4.78 is 13.3. The molecule has 2 aromatic carbocycles. The standard InChI is InChI=1S/C16H17ClFNS/c1-11(2)19-10-14-15(17)7-4-8-16(14)20-13-6-3-5-12(18)9-13/h3-9,11,19H,10H2,1-2H3. The summed E-state index contributed by atoms with van der Waals surface area (Å²) in [6.45, 7) is 4.89. The third kappa shape index (κ3) is 4.23. The fourth-order valence-corrected chi connectivity index (χ4v) is 3.09. The van der Waals surface area contributed by atoms with Crippen LogP contribution in [0.3, 0.4) is 0 Å². The summed E-state index contributed by atoms with van der Waals surface area (Å²) in [4.78, 5) is 1.93. The zero-order valence-corrected chi connectivity index (χ0v) is 13.1. The molecule has 0 amide bonds. The lowest BCUT2D eigenvalue weighted by Gasteiger charge is -2.14. The normalized spacial score (nSPS) is 11.1. The predicted octanol–water partition coefficient (Wildman–Crippen LogP) is 5.13. The van der Waals surface area contributed by atoms with E-state index >= 15 is 0 Å². The Morgan fingerprint density at radius 2 is 1.95 bits per heavy atom. The first kappa shape index (κ1) is 15.4. The fourth-order valence-electron chi connectivity index (χ4n) is 1.77. The molecule has 0 heterocycles. The maximum atomic E-state index is 13.3. The van der Waals surface area contributed by atoms with E-state index in [-0.39, 0.29) is 5.82 Å². The van der Waals surface area contributed by atoms with Crippen LogP contribution in [0.1, 0.15) is 19.4 Å². The minimum Gasteiger partial charge on any atom is -0.310 e. The van der Waals surface area contributed by atoms with Gasteiger partial charge >= 0.3 is 0 Å². The minimum absolute atomic E-state index is 0.223. The number of hydrogen-bond acceptors (Lipinski definition) is 2. The first-order valence-corrected chi connectivity index (χ1v) is 7.70. The molecule has 1 nitrogen and oxygen atoms in total. The van der Waals surface area contributed by atoms with Gasteiger partial charge in [0.25, 0.3) is 0 Å². The molecule has 0 aliphatic carbocycles. The molecule has 0 atom stereocenters. The van der Waals surface area contributed by atoms with E-state index in [0.717, 1.165) is 20.4 Å². The Balaban J connectivity index is 2.24. The summed E-state index contributed by atoms with van der Waals surface area (Å²) in [6.07, 6.45) is 0. The Labute approximate surface area is 128 Å². The average Bonchev–Trinajstić information content (AvgIpc) is 2.38. The summed E-state index contributed by atoms with van der Waals surface area (Å²) >= 11 is 7.81. The smallest absolute Gasteiger partial charge is 0.124 e. The Morgan fingerprint density at radius 3 is 2.65 bits per heavy atom. The third-order valence-corrected chi connectivity index (χ3v) is 4.23. The van der Waals surface area contributed by atoms with Gasteiger partial charge in [-0.15, -0.1) is 0 Å². The van der Waals surface area contributed by atoms with Crippen LogP contribution >= 0.6 is 23.4 Å². The minimum atomic E-state index is -0.223. The molecule has 0 spiro atoms. The van der Waals surface area contributed by atoms with Crippen LogP contribution in [0, 0.1) is 5.82 Å². The third-order valence-electron chi connectivity index (χ3n) is 2.79. The van der Waals surface area contributed by atoms with Crippen molar-refractivity contribution in [2.24, 2.45) is 0 Å². The Morgan fingerprint density at radius 1 is 1.20 bits per heavy atom. The Kier molecular flexibility index (Phi) is 5.46. The molecule has 0 saturated heterocycles. The first-order valence-electron chi connectivity index (χ1n) is 6.50. The van der Waals surface area contributed by atoms with Crippen LogP contribution in [0.2, 0.25) is 5.02 Å². The van der Waals surface area contributed by atoms with Crippen LogP contribution in [0.15, 0.2) is 52.3 Å². The lowest BCUT2D eigenvalue weighted by Crippen LogP contribution is -2.22. The van der Waals surface area contributed by atoms with Crippen LogP contribution in [0.4, 0.5) is 4.39 Å². The van der Waals surface area contributed by atoms with Crippen LogP contribution in [0.5, 0.6) is 0 Å². The molecule has 0 saturated carbocycles. The summed E-state index contributed by atoms with van der Waals surface area (Å²) in [7, 11) is 0. The lowest BCUT2D eigenvalue weighted by atomic mass is 10.2. The van der Waals surface area contributed by atoms with Crippen molar-refractivity contribution in [1.29, 1.82) is 0 Å². The highest BCUT2D eigenvalue weighted by Gasteiger charge is 2.09. The van der Waals surface area contributed by atoms with Gasteiger partial charge in [-0.1, -0.05) is 49.3 Å². The maximum absolute atomic E-state index is 13.3. The van der Waals surface area contributed by atoms with Gasteiger partial charge in [0, 0.05) is 27.4 Å². The zero-order valence-electron chi connectivity index (χ0n) is 11.5. The molecule has 0 aromatic heterocycles. The van der Waals surface area contributed by atoms with E-state index in [0.29, 0.717) is 12.6 Å². The second-order valence-corrected chi connectivity index (χ2v) is 6.33. The average molecular weight is 310 g/mol. The number of hydrogen-bond donors (Lipinski definition) is 1. The van der Waals surface area contributed by atoms with E-state index in [1.165, 1.54) is 23.9 Å². The highest BCUT2D eigenvalue weighted by molar-refractivity contribution is 7.99. The lowest BCUT2D eigenvalue weighted by molar-refractivity contribution is 0.585. The second kappa shape index (κ2) is 7.11. The van der Waals surface area contributed by atoms with Gasteiger partial charge in [-0.25, -0.2) is 4.39 Å². The number of rotatable bonds is 5. The summed E-state index contributed by atoms with van der Waals surface area (Å²) in [5.41, 5.74) is 1.05. The van der Waals surface area contributed by atoms with Crippen molar-refractivity contribution < 1.29 is 4.39 Å². The van der Waals surface area contributed by atoms with Gasteiger partial charge in [0.05, 0.1) is 0 Å². The number of nitrogens with one attached hydrogen (secondary N) is 1. The van der Waals surface area contributed by atoms with Gasteiger partial charge in [-0.2, -0.15) is 0 Å². The monoisotopic (exact) mass is 309 g/mol. The summed E-state index contributed by atoms with van der Waals surface area (Å²) in [6, 6.07) is 12.8. The molecule has 106 valence electrons. The highest BCUT2D eigenvalue weighted by atomic mass is 35.5. The van der Waals surface area contributed by atoms with Crippen LogP contribution in [-0.4, -0.2) is 6.04 Å². The molecule has 0 bridgehead atoms. The van der Waals surface area contributed by atoms with Crippen LogP contribution in [0.25, 0.3) is 0 Å². The molecule has 0 radical (unpaired) electrons.